The molecule has 0 aliphatic carbocycles. The van der Waals surface area contributed by atoms with Crippen LogP contribution < -0.4 is 31.8 Å². The second kappa shape index (κ2) is 13.0. The maximum absolute atomic E-state index is 2.82. The molecule has 0 aliphatic heterocycles. The van der Waals surface area contributed by atoms with Gasteiger partial charge >= 0.3 is 6.72 Å². The van der Waals surface area contributed by atoms with Crippen molar-refractivity contribution in [2.75, 3.05) is 0 Å². The Bertz CT molecular complexity index is 1280. The van der Waals surface area contributed by atoms with E-state index in [0.717, 1.165) is 0 Å². The third-order valence-corrected chi connectivity index (χ3v) is 16.8. The van der Waals surface area contributed by atoms with Gasteiger partial charge in [0.2, 0.25) is 0 Å². The van der Waals surface area contributed by atoms with Gasteiger partial charge in [0.1, 0.15) is 14.3 Å². The molecule has 0 amide bonds. The third kappa shape index (κ3) is 5.31. The van der Waals surface area contributed by atoms with Crippen LogP contribution in [0, 0.1) is 0 Å². The molecule has 4 heteroatoms. The van der Waals surface area contributed by atoms with Crippen molar-refractivity contribution in [3.05, 3.63) is 182 Å². The molecule has 0 bridgehead atoms. The second-order valence-electron chi connectivity index (χ2n) is 9.57. The van der Waals surface area contributed by atoms with Crippen molar-refractivity contribution in [1.29, 1.82) is 0 Å². The molecule has 0 atom stereocenters. The fourth-order valence-electron chi connectivity index (χ4n) is 5.53. The Hall–Kier alpha value is -3.09. The molecule has 0 aliphatic rings. The first-order chi connectivity index (χ1) is 19.3. The average molecular weight is 642 g/mol. The summed E-state index contributed by atoms with van der Waals surface area (Å²) in [5, 5.41) is 8.22. The molecule has 1 radical (unpaired) electrons. The summed E-state index contributed by atoms with van der Waals surface area (Å²) in [6, 6.07) is 67.1. The van der Waals surface area contributed by atoms with Crippen LogP contribution >= 0.6 is 14.3 Å². The van der Waals surface area contributed by atoms with Gasteiger partial charge in [0.05, 0.1) is 31.8 Å². The van der Waals surface area contributed by atoms with Gasteiger partial charge in [0.15, 0.2) is 0 Å². The molecule has 0 N–H and O–H groups in total. The number of hydrogen-bond acceptors (Lipinski definition) is 0. The zero-order valence-corrected chi connectivity index (χ0v) is 25.5. The van der Waals surface area contributed by atoms with E-state index in [9.17, 15) is 0 Å². The summed E-state index contributed by atoms with van der Waals surface area (Å²) >= 11 is 0. The fraction of sp³-hybridized carbons (Fsp3) is 0. The summed E-state index contributed by atoms with van der Waals surface area (Å²) in [4.78, 5) is 0. The van der Waals surface area contributed by atoms with Gasteiger partial charge in [-0.1, -0.05) is 109 Å². The van der Waals surface area contributed by atoms with Crippen molar-refractivity contribution in [2.24, 2.45) is 0 Å². The van der Waals surface area contributed by atoms with E-state index in [-0.39, 0.29) is 20.4 Å². The molecule has 0 saturated carbocycles. The largest absolute Gasteiger partial charge is 0.623 e. The van der Waals surface area contributed by atoms with E-state index in [1.165, 1.54) is 31.8 Å². The molecule has 6 aromatic carbocycles. The van der Waals surface area contributed by atoms with Crippen molar-refractivity contribution < 1.29 is 20.4 Å². The van der Waals surface area contributed by atoms with Crippen LogP contribution in [0.2, 0.25) is 0 Å². The molecule has 195 valence electrons. The standard InChI is InChI=1S/C36H30BP2.Pd/c1-7-19-31(20-8-1)38(32-21-9-2-10-22-32,33-23-11-3-12-24-33)37-39(34-25-13-4-14-26-34,35-27-15-5-16-28-35)36-29-17-6-18-30-36;/h1-30H;/q+2;. The van der Waals surface area contributed by atoms with Crippen molar-refractivity contribution in [2.45, 2.75) is 0 Å². The Balaban J connectivity index is 0.00000323. The van der Waals surface area contributed by atoms with Crippen molar-refractivity contribution in [3.8, 4) is 0 Å². The van der Waals surface area contributed by atoms with Gasteiger partial charge in [0.25, 0.3) is 0 Å². The third-order valence-electron chi connectivity index (χ3n) is 7.33. The van der Waals surface area contributed by atoms with Gasteiger partial charge in [-0.15, -0.1) is 0 Å². The van der Waals surface area contributed by atoms with Gasteiger partial charge < -0.3 is 0 Å². The predicted octanol–water partition coefficient (Wildman–Crippen LogP) is 6.51. The Morgan fingerprint density at radius 2 is 0.400 bits per heavy atom. The zero-order chi connectivity index (χ0) is 26.4. The van der Waals surface area contributed by atoms with Crippen LogP contribution in [-0.4, -0.2) is 6.72 Å². The topological polar surface area (TPSA) is 0 Å². The van der Waals surface area contributed by atoms with E-state index in [1.807, 2.05) is 0 Å². The molecule has 0 saturated heterocycles. The Morgan fingerprint density at radius 3 is 0.550 bits per heavy atom. The first-order valence-corrected chi connectivity index (χ1v) is 17.0. The van der Waals surface area contributed by atoms with Gasteiger partial charge in [0, 0.05) is 20.4 Å². The Labute approximate surface area is 254 Å². The number of hydrogen-bond donors (Lipinski definition) is 0. The fourth-order valence-corrected chi connectivity index (χ4v) is 16.5. The van der Waals surface area contributed by atoms with Gasteiger partial charge in [-0.25, -0.2) is 0 Å². The Kier molecular flexibility index (Phi) is 9.28. The average Bonchev–Trinajstić information content (AvgIpc) is 3.04. The summed E-state index contributed by atoms with van der Waals surface area (Å²) in [5.41, 5.74) is 0. The van der Waals surface area contributed by atoms with Crippen LogP contribution in [0.4, 0.5) is 0 Å². The molecular weight excluding hydrogens is 612 g/mol. The SMILES string of the molecule is [B]([P+](c1ccccc1)(c1ccccc1)c1ccccc1)[P+](c1ccccc1)(c1ccccc1)c1ccccc1.[Pd]. The molecule has 0 unspecified atom stereocenters. The molecule has 6 aromatic rings. The molecule has 0 fully saturated rings. The first kappa shape index (κ1) is 28.4. The molecule has 40 heavy (non-hydrogen) atoms. The second-order valence-corrected chi connectivity index (χ2v) is 16.5. The maximum Gasteiger partial charge on any atom is 0.623 e. The minimum Gasteiger partial charge on any atom is -0.0620 e. The number of rotatable bonds is 8. The summed E-state index contributed by atoms with van der Waals surface area (Å²) < 4.78 is 0. The Morgan fingerprint density at radius 1 is 0.250 bits per heavy atom. The molecule has 0 spiro atoms. The monoisotopic (exact) mass is 641 g/mol. The van der Waals surface area contributed by atoms with Crippen molar-refractivity contribution >= 4 is 52.8 Å². The normalized spacial score (nSPS) is 11.3. The van der Waals surface area contributed by atoms with Crippen LogP contribution in [0.1, 0.15) is 0 Å². The smallest absolute Gasteiger partial charge is 0.0620 e. The van der Waals surface area contributed by atoms with Gasteiger partial charge in [-0.2, -0.15) is 0 Å². The van der Waals surface area contributed by atoms with Crippen LogP contribution in [0.15, 0.2) is 182 Å². The molecule has 0 nitrogen and oxygen atoms in total. The quantitative estimate of drug-likeness (QED) is 0.131. The van der Waals surface area contributed by atoms with Crippen molar-refractivity contribution in [1.82, 2.24) is 0 Å². The number of benzene rings is 6. The van der Waals surface area contributed by atoms with E-state index in [1.54, 1.807) is 0 Å². The maximum atomic E-state index is 2.82. The minimum absolute atomic E-state index is 0. The molecule has 0 heterocycles. The summed E-state index contributed by atoms with van der Waals surface area (Å²) in [5.74, 6) is 0. The predicted molar refractivity (Wildman–Crippen MR) is 176 cm³/mol. The van der Waals surface area contributed by atoms with E-state index >= 15 is 0 Å². The zero-order valence-electron chi connectivity index (χ0n) is 22.1. The summed E-state index contributed by atoms with van der Waals surface area (Å²) in [7, 11) is -4.49. The van der Waals surface area contributed by atoms with E-state index in [2.05, 4.69) is 189 Å². The summed E-state index contributed by atoms with van der Waals surface area (Å²) in [6.45, 7) is 2.82. The van der Waals surface area contributed by atoms with Crippen molar-refractivity contribution in [3.63, 3.8) is 0 Å². The van der Waals surface area contributed by atoms with Gasteiger partial charge in [-0.3, -0.25) is 0 Å². The summed E-state index contributed by atoms with van der Waals surface area (Å²) in [6.07, 6.45) is 0. The molecular formula is C36H30BP2Pd+2. The van der Waals surface area contributed by atoms with Crippen LogP contribution in [0.25, 0.3) is 0 Å². The van der Waals surface area contributed by atoms with E-state index < -0.39 is 14.3 Å². The van der Waals surface area contributed by atoms with Gasteiger partial charge in [-0.05, 0) is 72.8 Å². The van der Waals surface area contributed by atoms with E-state index in [0.29, 0.717) is 0 Å². The van der Waals surface area contributed by atoms with Crippen LogP contribution in [0.5, 0.6) is 0 Å². The minimum atomic E-state index is -2.25. The van der Waals surface area contributed by atoms with Crippen LogP contribution in [0.3, 0.4) is 0 Å². The molecule has 0 aromatic heterocycles. The van der Waals surface area contributed by atoms with E-state index in [4.69, 9.17) is 0 Å². The van der Waals surface area contributed by atoms with Crippen LogP contribution in [-0.2, 0) is 20.4 Å². The first-order valence-electron chi connectivity index (χ1n) is 13.3. The molecule has 6 rings (SSSR count).